The molecule has 0 radical (unpaired) electrons. The van der Waals surface area contributed by atoms with Crippen LogP contribution >= 0.6 is 27.5 Å². The molecular formula is C11H9BrClN3O2. The van der Waals surface area contributed by atoms with Gasteiger partial charge in [0.05, 0.1) is 6.54 Å². The summed E-state index contributed by atoms with van der Waals surface area (Å²) in [6.45, 7) is 1.90. The summed E-state index contributed by atoms with van der Waals surface area (Å²) in [5.74, 6) is 0.640. The summed E-state index contributed by atoms with van der Waals surface area (Å²) in [6, 6.07) is 4.97. The van der Waals surface area contributed by atoms with Crippen LogP contribution in [0.3, 0.4) is 0 Å². The lowest BCUT2D eigenvalue weighted by Crippen LogP contribution is -2.22. The summed E-state index contributed by atoms with van der Waals surface area (Å²) >= 11 is 9.14. The normalized spacial score (nSPS) is 10.4. The predicted octanol–water partition coefficient (Wildman–Crippen LogP) is 2.72. The fourth-order valence-corrected chi connectivity index (χ4v) is 2.21. The number of amides is 1. The second-order valence-electron chi connectivity index (χ2n) is 3.58. The number of nitrogens with one attached hydrogen (secondary N) is 1. The Kier molecular flexibility index (Phi) is 3.98. The van der Waals surface area contributed by atoms with Crippen LogP contribution in [-0.2, 0) is 6.54 Å². The molecular weight excluding hydrogens is 321 g/mol. The second kappa shape index (κ2) is 5.49. The van der Waals surface area contributed by atoms with Crippen LogP contribution in [0.15, 0.2) is 27.2 Å². The number of aromatic nitrogens is 2. The van der Waals surface area contributed by atoms with Crippen molar-refractivity contribution >= 4 is 33.4 Å². The van der Waals surface area contributed by atoms with Crippen molar-refractivity contribution in [2.75, 3.05) is 0 Å². The monoisotopic (exact) mass is 329 g/mol. The molecule has 1 heterocycles. The van der Waals surface area contributed by atoms with E-state index in [0.29, 0.717) is 22.3 Å². The average Bonchev–Trinajstić information content (AvgIpc) is 2.70. The Hall–Kier alpha value is -1.40. The van der Waals surface area contributed by atoms with Gasteiger partial charge in [0.15, 0.2) is 5.82 Å². The molecule has 1 amide bonds. The van der Waals surface area contributed by atoms with Crippen molar-refractivity contribution in [2.45, 2.75) is 13.5 Å². The molecule has 18 heavy (non-hydrogen) atoms. The molecule has 2 rings (SSSR count). The van der Waals surface area contributed by atoms with Gasteiger partial charge in [-0.3, -0.25) is 4.79 Å². The minimum atomic E-state index is -0.256. The van der Waals surface area contributed by atoms with E-state index < -0.39 is 0 Å². The molecule has 0 atom stereocenters. The summed E-state index contributed by atoms with van der Waals surface area (Å²) in [6.07, 6.45) is 0. The fraction of sp³-hybridized carbons (Fsp3) is 0.182. The van der Waals surface area contributed by atoms with Gasteiger partial charge in [-0.1, -0.05) is 32.7 Å². The Balaban J connectivity index is 2.03. The van der Waals surface area contributed by atoms with Crippen molar-refractivity contribution < 1.29 is 9.32 Å². The Bertz CT molecular complexity index is 565. The molecule has 5 nitrogen and oxygen atoms in total. The molecule has 94 valence electrons. The van der Waals surface area contributed by atoms with Crippen molar-refractivity contribution in [3.63, 3.8) is 0 Å². The van der Waals surface area contributed by atoms with Crippen LogP contribution in [0.1, 0.15) is 22.1 Å². The van der Waals surface area contributed by atoms with Crippen LogP contribution in [-0.4, -0.2) is 16.0 Å². The molecule has 1 N–H and O–H groups in total. The highest BCUT2D eigenvalue weighted by Crippen LogP contribution is 2.19. The molecule has 0 bridgehead atoms. The maximum Gasteiger partial charge on any atom is 0.251 e. The number of hydrogen-bond donors (Lipinski definition) is 1. The number of aryl methyl sites for hydroxylation is 1. The van der Waals surface area contributed by atoms with Gasteiger partial charge in [-0.15, -0.1) is 0 Å². The molecule has 0 fully saturated rings. The van der Waals surface area contributed by atoms with Crippen LogP contribution in [0, 0.1) is 6.92 Å². The van der Waals surface area contributed by atoms with Crippen LogP contribution in [0.5, 0.6) is 0 Å². The maximum atomic E-state index is 11.8. The van der Waals surface area contributed by atoms with Crippen molar-refractivity contribution in [1.82, 2.24) is 15.5 Å². The lowest BCUT2D eigenvalue weighted by Gasteiger charge is -2.03. The minimum absolute atomic E-state index is 0.184. The molecule has 1 aromatic carbocycles. The zero-order valence-corrected chi connectivity index (χ0v) is 11.7. The van der Waals surface area contributed by atoms with Crippen molar-refractivity contribution in [3.8, 4) is 0 Å². The average molecular weight is 331 g/mol. The molecule has 0 saturated heterocycles. The van der Waals surface area contributed by atoms with E-state index >= 15 is 0 Å². The fourth-order valence-electron chi connectivity index (χ4n) is 1.35. The van der Waals surface area contributed by atoms with E-state index in [-0.39, 0.29) is 12.5 Å². The number of hydrogen-bond acceptors (Lipinski definition) is 4. The van der Waals surface area contributed by atoms with Gasteiger partial charge in [0.1, 0.15) is 0 Å². The topological polar surface area (TPSA) is 68.0 Å². The third-order valence-electron chi connectivity index (χ3n) is 2.09. The Labute approximate surface area is 117 Å². The van der Waals surface area contributed by atoms with E-state index in [0.717, 1.165) is 4.47 Å². The molecule has 2 aromatic rings. The highest BCUT2D eigenvalue weighted by atomic mass is 79.9. The number of rotatable bonds is 3. The van der Waals surface area contributed by atoms with Crippen LogP contribution in [0.4, 0.5) is 0 Å². The lowest BCUT2D eigenvalue weighted by molar-refractivity contribution is 0.0946. The maximum absolute atomic E-state index is 11.8. The number of carbonyl (C=O) groups is 1. The van der Waals surface area contributed by atoms with Gasteiger partial charge in [-0.05, 0) is 25.1 Å². The quantitative estimate of drug-likeness (QED) is 0.939. The SMILES string of the molecule is Cc1noc(CNC(=O)c2cc(Cl)cc(Br)c2)n1. The summed E-state index contributed by atoms with van der Waals surface area (Å²) in [5, 5.41) is 6.79. The Morgan fingerprint density at radius 3 is 2.89 bits per heavy atom. The zero-order chi connectivity index (χ0) is 13.1. The summed E-state index contributed by atoms with van der Waals surface area (Å²) < 4.78 is 5.63. The van der Waals surface area contributed by atoms with Crippen LogP contribution in [0.25, 0.3) is 0 Å². The van der Waals surface area contributed by atoms with E-state index in [2.05, 4.69) is 31.4 Å². The van der Waals surface area contributed by atoms with Crippen LogP contribution < -0.4 is 5.32 Å². The van der Waals surface area contributed by atoms with Gasteiger partial charge in [-0.25, -0.2) is 0 Å². The van der Waals surface area contributed by atoms with E-state index in [1.54, 1.807) is 25.1 Å². The van der Waals surface area contributed by atoms with Crippen molar-refractivity contribution in [2.24, 2.45) is 0 Å². The number of nitrogens with zero attached hydrogens (tertiary/aromatic N) is 2. The lowest BCUT2D eigenvalue weighted by atomic mass is 10.2. The summed E-state index contributed by atoms with van der Waals surface area (Å²) in [4.78, 5) is 15.8. The van der Waals surface area contributed by atoms with Gasteiger partial charge in [0.2, 0.25) is 5.89 Å². The molecule has 0 aliphatic carbocycles. The molecule has 0 aliphatic rings. The number of halogens is 2. The smallest absolute Gasteiger partial charge is 0.251 e. The van der Waals surface area contributed by atoms with Crippen molar-refractivity contribution in [1.29, 1.82) is 0 Å². The largest absolute Gasteiger partial charge is 0.343 e. The standard InChI is InChI=1S/C11H9BrClN3O2/c1-6-15-10(18-16-6)5-14-11(17)7-2-8(12)4-9(13)3-7/h2-4H,5H2,1H3,(H,14,17). The minimum Gasteiger partial charge on any atom is -0.343 e. The van der Waals surface area contributed by atoms with Crippen LogP contribution in [0.2, 0.25) is 5.02 Å². The number of carbonyl (C=O) groups excluding carboxylic acids is 1. The molecule has 0 aliphatic heterocycles. The first-order valence-electron chi connectivity index (χ1n) is 5.08. The second-order valence-corrected chi connectivity index (χ2v) is 4.93. The first kappa shape index (κ1) is 13.0. The van der Waals surface area contributed by atoms with Crippen molar-refractivity contribution in [3.05, 3.63) is 45.0 Å². The van der Waals surface area contributed by atoms with Gasteiger partial charge in [-0.2, -0.15) is 4.98 Å². The molecule has 0 spiro atoms. The van der Waals surface area contributed by atoms with E-state index in [1.807, 2.05) is 0 Å². The van der Waals surface area contributed by atoms with Gasteiger partial charge < -0.3 is 9.84 Å². The van der Waals surface area contributed by atoms with Gasteiger partial charge >= 0.3 is 0 Å². The molecule has 0 saturated carbocycles. The Morgan fingerprint density at radius 2 is 2.28 bits per heavy atom. The summed E-state index contributed by atoms with van der Waals surface area (Å²) in [7, 11) is 0. The summed E-state index contributed by atoms with van der Waals surface area (Å²) in [5.41, 5.74) is 0.464. The molecule has 0 unspecified atom stereocenters. The van der Waals surface area contributed by atoms with E-state index in [1.165, 1.54) is 0 Å². The predicted molar refractivity (Wildman–Crippen MR) is 69.4 cm³/mol. The third-order valence-corrected chi connectivity index (χ3v) is 2.77. The molecule has 1 aromatic heterocycles. The highest BCUT2D eigenvalue weighted by Gasteiger charge is 2.09. The third kappa shape index (κ3) is 3.30. The Morgan fingerprint density at radius 1 is 1.50 bits per heavy atom. The zero-order valence-electron chi connectivity index (χ0n) is 9.41. The van der Waals surface area contributed by atoms with Gasteiger partial charge in [0, 0.05) is 15.1 Å². The van der Waals surface area contributed by atoms with E-state index in [9.17, 15) is 4.79 Å². The first-order chi connectivity index (χ1) is 8.54. The number of benzene rings is 1. The van der Waals surface area contributed by atoms with Gasteiger partial charge in [0.25, 0.3) is 5.91 Å². The first-order valence-corrected chi connectivity index (χ1v) is 6.25. The van der Waals surface area contributed by atoms with E-state index in [4.69, 9.17) is 16.1 Å². The molecule has 7 heteroatoms. The highest BCUT2D eigenvalue weighted by molar-refractivity contribution is 9.10.